The third-order valence-corrected chi connectivity index (χ3v) is 3.03. The van der Waals surface area contributed by atoms with Gasteiger partial charge in [0.25, 0.3) is 11.5 Å². The van der Waals surface area contributed by atoms with E-state index in [1.54, 1.807) is 7.05 Å². The zero-order valence-corrected chi connectivity index (χ0v) is 11.7. The number of hydrogen-bond acceptors (Lipinski definition) is 3. The largest absolute Gasteiger partial charge is 0.319 e. The molecule has 2 aromatic heterocycles. The van der Waals surface area contributed by atoms with Gasteiger partial charge in [0.05, 0.1) is 12.2 Å². The van der Waals surface area contributed by atoms with Crippen LogP contribution in [0.2, 0.25) is 5.15 Å². The molecule has 112 valence electrons. The van der Waals surface area contributed by atoms with Crippen molar-refractivity contribution in [3.8, 4) is 0 Å². The summed E-state index contributed by atoms with van der Waals surface area (Å²) in [7, 11) is 1.56. The number of alkyl halides is 1. The molecule has 0 spiro atoms. The smallest absolute Gasteiger partial charge is 0.286 e. The fourth-order valence-electron chi connectivity index (χ4n) is 1.68. The van der Waals surface area contributed by atoms with Crippen molar-refractivity contribution in [3.63, 3.8) is 0 Å². The maximum Gasteiger partial charge on any atom is 0.286 e. The van der Waals surface area contributed by atoms with Crippen molar-refractivity contribution in [1.82, 2.24) is 14.3 Å². The average Bonchev–Trinajstić information content (AvgIpc) is 2.76. The first-order valence-electron chi connectivity index (χ1n) is 5.89. The van der Waals surface area contributed by atoms with Crippen molar-refractivity contribution >= 4 is 23.2 Å². The number of aromatic nitrogens is 3. The number of nitrogens with zero attached hydrogens (tertiary/aromatic N) is 3. The lowest BCUT2D eigenvalue weighted by atomic mass is 10.3. The summed E-state index contributed by atoms with van der Waals surface area (Å²) in [4.78, 5) is 23.3. The number of amides is 1. The highest BCUT2D eigenvalue weighted by Crippen LogP contribution is 2.12. The minimum Gasteiger partial charge on any atom is -0.319 e. The van der Waals surface area contributed by atoms with Gasteiger partial charge in [-0.3, -0.25) is 14.3 Å². The Morgan fingerprint density at radius 1 is 1.48 bits per heavy atom. The maximum atomic E-state index is 13.4. The minimum atomic E-state index is -1.08. The molecule has 2 rings (SSSR count). The Balaban J connectivity index is 2.27. The van der Waals surface area contributed by atoms with E-state index in [1.807, 2.05) is 0 Å². The number of halogens is 3. The van der Waals surface area contributed by atoms with Gasteiger partial charge in [-0.05, 0) is 0 Å². The number of carbonyl (C=O) groups excluding carboxylic acids is 1. The summed E-state index contributed by atoms with van der Waals surface area (Å²) in [5.41, 5.74) is -0.898. The van der Waals surface area contributed by atoms with E-state index in [1.165, 1.54) is 10.7 Å². The molecule has 1 amide bonds. The molecule has 1 N–H and O–H groups in total. The van der Waals surface area contributed by atoms with Crippen LogP contribution in [-0.2, 0) is 13.6 Å². The molecule has 0 aliphatic carbocycles. The molecule has 0 atom stereocenters. The molecule has 0 aromatic carbocycles. The summed E-state index contributed by atoms with van der Waals surface area (Å²) in [5.74, 6) is -1.71. The monoisotopic (exact) mass is 316 g/mol. The lowest BCUT2D eigenvalue weighted by molar-refractivity contribution is 0.102. The van der Waals surface area contributed by atoms with Crippen molar-refractivity contribution in [2.24, 2.45) is 7.05 Å². The Kier molecular flexibility index (Phi) is 4.37. The van der Waals surface area contributed by atoms with E-state index in [2.05, 4.69) is 10.4 Å². The zero-order chi connectivity index (χ0) is 15.6. The molecular formula is C12H11ClF2N4O2. The average molecular weight is 317 g/mol. The quantitative estimate of drug-likeness (QED) is 0.931. The zero-order valence-electron chi connectivity index (χ0n) is 10.9. The Morgan fingerprint density at radius 2 is 2.19 bits per heavy atom. The molecule has 6 nitrogen and oxygen atoms in total. The lowest BCUT2D eigenvalue weighted by Crippen LogP contribution is -2.25. The van der Waals surface area contributed by atoms with Crippen molar-refractivity contribution in [3.05, 3.63) is 45.3 Å². The van der Waals surface area contributed by atoms with Crippen LogP contribution in [0.1, 0.15) is 10.5 Å². The van der Waals surface area contributed by atoms with Gasteiger partial charge in [-0.15, -0.1) is 0 Å². The second-order valence-corrected chi connectivity index (χ2v) is 4.58. The molecule has 0 aliphatic heterocycles. The Hall–Kier alpha value is -2.22. The highest BCUT2D eigenvalue weighted by molar-refractivity contribution is 6.30. The van der Waals surface area contributed by atoms with Gasteiger partial charge in [0.2, 0.25) is 0 Å². The first-order chi connectivity index (χ1) is 9.92. The second kappa shape index (κ2) is 6.04. The number of aryl methyl sites for hydroxylation is 2. The topological polar surface area (TPSA) is 68.9 Å². The van der Waals surface area contributed by atoms with Crippen LogP contribution < -0.4 is 10.9 Å². The normalized spacial score (nSPS) is 10.7. The SMILES string of the molecule is Cn1nc(C(=O)Nc2cc(F)c(=O)n(CCF)c2)cc1Cl. The summed E-state index contributed by atoms with van der Waals surface area (Å²) in [5, 5.41) is 6.48. The predicted molar refractivity (Wildman–Crippen MR) is 72.8 cm³/mol. The third kappa shape index (κ3) is 3.27. The van der Waals surface area contributed by atoms with E-state index in [0.717, 1.165) is 16.8 Å². The van der Waals surface area contributed by atoms with Crippen molar-refractivity contribution in [2.45, 2.75) is 6.54 Å². The van der Waals surface area contributed by atoms with Crippen LogP contribution in [0.25, 0.3) is 0 Å². The molecule has 0 saturated carbocycles. The van der Waals surface area contributed by atoms with Crippen molar-refractivity contribution in [1.29, 1.82) is 0 Å². The second-order valence-electron chi connectivity index (χ2n) is 4.19. The van der Waals surface area contributed by atoms with Crippen molar-refractivity contribution < 1.29 is 13.6 Å². The maximum absolute atomic E-state index is 13.4. The van der Waals surface area contributed by atoms with Gasteiger partial charge >= 0.3 is 0 Å². The molecule has 21 heavy (non-hydrogen) atoms. The first kappa shape index (κ1) is 15.2. The summed E-state index contributed by atoms with van der Waals surface area (Å²) in [6.07, 6.45) is 1.16. The van der Waals surface area contributed by atoms with Crippen LogP contribution in [0.4, 0.5) is 14.5 Å². The summed E-state index contributed by atoms with van der Waals surface area (Å²) < 4.78 is 27.9. The Bertz CT molecular complexity index is 722. The van der Waals surface area contributed by atoms with E-state index in [-0.39, 0.29) is 23.1 Å². The van der Waals surface area contributed by atoms with Crippen LogP contribution in [0.3, 0.4) is 0 Å². The van der Waals surface area contributed by atoms with Crippen LogP contribution in [0.5, 0.6) is 0 Å². The number of rotatable bonds is 4. The van der Waals surface area contributed by atoms with E-state index in [0.29, 0.717) is 0 Å². The molecule has 0 bridgehead atoms. The number of hydrogen-bond donors (Lipinski definition) is 1. The molecule has 0 radical (unpaired) electrons. The molecule has 0 fully saturated rings. The van der Waals surface area contributed by atoms with Gasteiger partial charge in [-0.1, -0.05) is 11.6 Å². The van der Waals surface area contributed by atoms with Crippen LogP contribution >= 0.6 is 11.6 Å². The van der Waals surface area contributed by atoms with Crippen LogP contribution in [-0.4, -0.2) is 26.9 Å². The van der Waals surface area contributed by atoms with Crippen LogP contribution in [0, 0.1) is 5.82 Å². The molecule has 0 saturated heterocycles. The standard InChI is InChI=1S/C12H11ClF2N4O2/c1-18-10(13)5-9(17-18)11(20)16-7-4-8(15)12(21)19(6-7)3-2-14/h4-6H,2-3H2,1H3,(H,16,20). The van der Waals surface area contributed by atoms with Crippen LogP contribution in [0.15, 0.2) is 23.1 Å². The molecular weight excluding hydrogens is 306 g/mol. The van der Waals surface area contributed by atoms with Gasteiger partial charge < -0.3 is 9.88 Å². The van der Waals surface area contributed by atoms with E-state index >= 15 is 0 Å². The summed E-state index contributed by atoms with van der Waals surface area (Å²) in [6, 6.07) is 2.20. The summed E-state index contributed by atoms with van der Waals surface area (Å²) in [6.45, 7) is -1.12. The van der Waals surface area contributed by atoms with E-state index < -0.39 is 24.0 Å². The van der Waals surface area contributed by atoms with Gasteiger partial charge in [-0.2, -0.15) is 5.10 Å². The molecule has 2 aromatic rings. The number of pyridine rings is 1. The predicted octanol–water partition coefficient (Wildman–Crippen LogP) is 1.60. The molecule has 9 heteroatoms. The van der Waals surface area contributed by atoms with E-state index in [9.17, 15) is 18.4 Å². The first-order valence-corrected chi connectivity index (χ1v) is 6.27. The van der Waals surface area contributed by atoms with E-state index in [4.69, 9.17) is 11.6 Å². The fourth-order valence-corrected chi connectivity index (χ4v) is 1.82. The molecule has 0 unspecified atom stereocenters. The van der Waals surface area contributed by atoms with Crippen molar-refractivity contribution in [2.75, 3.05) is 12.0 Å². The highest BCUT2D eigenvalue weighted by atomic mass is 35.5. The van der Waals surface area contributed by atoms with Gasteiger partial charge in [0, 0.05) is 25.4 Å². The Labute approximate surface area is 122 Å². The number of carbonyl (C=O) groups is 1. The molecule has 2 heterocycles. The summed E-state index contributed by atoms with van der Waals surface area (Å²) >= 11 is 5.76. The number of nitrogens with one attached hydrogen (secondary N) is 1. The molecule has 0 aliphatic rings. The Morgan fingerprint density at radius 3 is 2.76 bits per heavy atom. The fraction of sp³-hybridized carbons (Fsp3) is 0.250. The highest BCUT2D eigenvalue weighted by Gasteiger charge is 2.14. The van der Waals surface area contributed by atoms with Gasteiger partial charge in [0.15, 0.2) is 11.5 Å². The minimum absolute atomic E-state index is 0.0207. The van der Waals surface area contributed by atoms with Gasteiger partial charge in [-0.25, -0.2) is 8.78 Å². The number of anilines is 1. The van der Waals surface area contributed by atoms with Gasteiger partial charge in [0.1, 0.15) is 11.8 Å². The lowest BCUT2D eigenvalue weighted by Gasteiger charge is -2.08. The third-order valence-electron chi connectivity index (χ3n) is 2.68.